The molecule has 0 radical (unpaired) electrons. The molecule has 0 spiro atoms. The first-order valence-corrected chi connectivity index (χ1v) is 8.73. The van der Waals surface area contributed by atoms with Gasteiger partial charge in [0.05, 0.1) is 0 Å². The van der Waals surface area contributed by atoms with Crippen molar-refractivity contribution in [2.75, 3.05) is 0 Å². The Balaban J connectivity index is 0.00000341. The maximum Gasteiger partial charge on any atom is 0.416 e. The smallest absolute Gasteiger partial charge is 0.169 e. The molecule has 0 atom stereocenters. The van der Waals surface area contributed by atoms with Crippen LogP contribution in [0.4, 0.5) is 39.5 Å². The third-order valence-electron chi connectivity index (χ3n) is 5.12. The maximum absolute atomic E-state index is 13.3. The number of halogens is 11. The van der Waals surface area contributed by atoms with Gasteiger partial charge in [-0.3, -0.25) is 0 Å². The van der Waals surface area contributed by atoms with E-state index in [9.17, 15) is 39.5 Å². The third kappa shape index (κ3) is 5.28. The summed E-state index contributed by atoms with van der Waals surface area (Å²) in [6.45, 7) is 1.91. The second kappa shape index (κ2) is 10.7. The Morgan fingerprint density at radius 3 is 1.64 bits per heavy atom. The topological polar surface area (TPSA) is 0 Å². The van der Waals surface area contributed by atoms with E-state index in [-0.39, 0.29) is 68.7 Å². The number of aryl methyl sites for hydroxylation is 1. The maximum atomic E-state index is 13.3. The summed E-state index contributed by atoms with van der Waals surface area (Å²) < 4.78 is 120. The first-order valence-electron chi connectivity index (χ1n) is 8.73. The second-order valence-electron chi connectivity index (χ2n) is 6.85. The van der Waals surface area contributed by atoms with Gasteiger partial charge in [0.1, 0.15) is 0 Å². The number of benzene rings is 2. The Morgan fingerprint density at radius 2 is 1.21 bits per heavy atom. The summed E-state index contributed by atoms with van der Waals surface area (Å²) in [7, 11) is 0. The van der Waals surface area contributed by atoms with Gasteiger partial charge in [-0.25, -0.2) is 0 Å². The van der Waals surface area contributed by atoms with Gasteiger partial charge in [0.25, 0.3) is 5.41 Å². The van der Waals surface area contributed by atoms with Crippen molar-refractivity contribution >= 4 is 35.6 Å². The van der Waals surface area contributed by atoms with Crippen LogP contribution in [0.15, 0.2) is 54.6 Å². The minimum Gasteiger partial charge on any atom is -0.169 e. The Kier molecular flexibility index (Phi) is 10.3. The molecule has 0 saturated heterocycles. The predicted molar refractivity (Wildman–Crippen MR) is 109 cm³/mol. The molecule has 0 saturated carbocycles. The summed E-state index contributed by atoms with van der Waals surface area (Å²) in [6.07, 6.45) is -19.2. The molecule has 0 nitrogen and oxygen atoms in total. The number of fused-ring (bicyclic) bond motifs is 1. The third-order valence-corrected chi connectivity index (χ3v) is 5.12. The van der Waals surface area contributed by atoms with Crippen LogP contribution in [0.3, 0.4) is 0 Å². The van der Waals surface area contributed by atoms with E-state index in [0.717, 1.165) is 23.1 Å². The molecule has 0 bridgehead atoms. The Hall–Kier alpha value is -1.12. The fourth-order valence-corrected chi connectivity index (χ4v) is 3.63. The molecule has 0 aliphatic rings. The van der Waals surface area contributed by atoms with Crippen molar-refractivity contribution in [1.82, 2.24) is 0 Å². The van der Waals surface area contributed by atoms with Crippen molar-refractivity contribution in [2.45, 2.75) is 37.3 Å². The molecular weight excluding hydrogens is 585 g/mol. The van der Waals surface area contributed by atoms with Crippen LogP contribution in [-0.2, 0) is 38.0 Å². The average Bonchev–Trinajstić information content (AvgIpc) is 3.02. The molecule has 33 heavy (non-hydrogen) atoms. The van der Waals surface area contributed by atoms with Crippen LogP contribution in [0.25, 0.3) is 21.9 Å². The number of hydrogen-bond donors (Lipinski definition) is 0. The van der Waals surface area contributed by atoms with Gasteiger partial charge in [-0.2, -0.15) is 45.6 Å². The van der Waals surface area contributed by atoms with E-state index in [4.69, 9.17) is 0 Å². The average molecular weight is 601 g/mol. The normalized spacial score (nSPS) is 12.5. The summed E-state index contributed by atoms with van der Waals surface area (Å²) in [4.78, 5) is 0. The van der Waals surface area contributed by atoms with E-state index in [1.54, 1.807) is 18.2 Å². The molecular formula is C21H16Cl2F9Zr-. The zero-order valence-electron chi connectivity index (χ0n) is 16.6. The van der Waals surface area contributed by atoms with E-state index in [1.807, 2.05) is 19.1 Å². The molecule has 0 unspecified atom stereocenters. The molecule has 3 aromatic carbocycles. The van der Waals surface area contributed by atoms with E-state index >= 15 is 0 Å². The zero-order valence-corrected chi connectivity index (χ0v) is 20.7. The van der Waals surface area contributed by atoms with Crippen molar-refractivity contribution < 1.29 is 65.7 Å². The molecule has 0 aliphatic heterocycles. The van der Waals surface area contributed by atoms with Crippen LogP contribution in [0, 0.1) is 0 Å². The van der Waals surface area contributed by atoms with E-state index in [0.29, 0.717) is 17.4 Å². The number of rotatable bonds is 3. The molecule has 0 aliphatic carbocycles. The van der Waals surface area contributed by atoms with Crippen LogP contribution in [0.5, 0.6) is 0 Å². The first kappa shape index (κ1) is 31.9. The molecule has 0 heterocycles. The van der Waals surface area contributed by atoms with E-state index < -0.39 is 29.5 Å². The largest absolute Gasteiger partial charge is 0.416 e. The van der Waals surface area contributed by atoms with Crippen molar-refractivity contribution in [1.29, 1.82) is 0 Å². The zero-order chi connectivity index (χ0) is 22.5. The fourth-order valence-electron chi connectivity index (χ4n) is 3.63. The number of hydrogen-bond acceptors (Lipinski definition) is 0. The van der Waals surface area contributed by atoms with E-state index in [2.05, 4.69) is 0 Å². The van der Waals surface area contributed by atoms with Crippen molar-refractivity contribution in [2.24, 2.45) is 0 Å². The van der Waals surface area contributed by atoms with Gasteiger partial charge in [-0.05, 0) is 17.5 Å². The molecule has 182 valence electrons. The van der Waals surface area contributed by atoms with Crippen LogP contribution < -0.4 is 0 Å². The van der Waals surface area contributed by atoms with Crippen molar-refractivity contribution in [3.63, 3.8) is 0 Å². The van der Waals surface area contributed by atoms with Gasteiger partial charge in [0.15, 0.2) is 0 Å². The summed E-state index contributed by atoms with van der Waals surface area (Å²) in [5.74, 6) is 0. The summed E-state index contributed by atoms with van der Waals surface area (Å²) >= 11 is 0. The van der Waals surface area contributed by atoms with Gasteiger partial charge in [-0.1, -0.05) is 42.8 Å². The van der Waals surface area contributed by atoms with Gasteiger partial charge in [0, 0.05) is 26.2 Å². The van der Waals surface area contributed by atoms with Crippen LogP contribution in [0.2, 0.25) is 0 Å². The number of alkyl halides is 9. The molecule has 0 fully saturated rings. The molecule has 3 aromatic rings. The van der Waals surface area contributed by atoms with E-state index in [1.165, 1.54) is 0 Å². The minimum absolute atomic E-state index is 0. The molecule has 0 N–H and O–H groups in total. The van der Waals surface area contributed by atoms with Gasteiger partial charge in [-0.15, -0.1) is 59.3 Å². The molecule has 0 aromatic heterocycles. The Morgan fingerprint density at radius 1 is 0.727 bits per heavy atom. The van der Waals surface area contributed by atoms with Crippen LogP contribution >= 0.6 is 24.8 Å². The monoisotopic (exact) mass is 599 g/mol. The quantitative estimate of drug-likeness (QED) is 0.209. The summed E-state index contributed by atoms with van der Waals surface area (Å²) in [5, 5.41) is 1.51. The van der Waals surface area contributed by atoms with Crippen molar-refractivity contribution in [3.05, 3.63) is 65.7 Å². The van der Waals surface area contributed by atoms with Crippen LogP contribution in [0.1, 0.15) is 18.1 Å². The van der Waals surface area contributed by atoms with Crippen molar-refractivity contribution in [3.8, 4) is 11.1 Å². The standard InChI is InChI=1S/C21H14F9.2ClH.Zr/c1-2-12-10-14-4-3-5-16(17(14)11-12)13-6-8-15(9-7-13)18(19(22,23)24,20(25,26)27)21(28,29)30;;;/h3-11H,2H2,1H3;2*1H;/q-1;;;. The predicted octanol–water partition coefficient (Wildman–Crippen LogP) is 8.55. The van der Waals surface area contributed by atoms with Gasteiger partial charge < -0.3 is 0 Å². The second-order valence-corrected chi connectivity index (χ2v) is 6.85. The molecule has 3 rings (SSSR count). The van der Waals surface area contributed by atoms with Gasteiger partial charge in [0.2, 0.25) is 0 Å². The molecule has 12 heteroatoms. The summed E-state index contributed by atoms with van der Waals surface area (Å²) in [5.41, 5.74) is -6.23. The van der Waals surface area contributed by atoms with Gasteiger partial charge >= 0.3 is 18.5 Å². The first-order chi connectivity index (χ1) is 13.7. The molecule has 0 amide bonds. The van der Waals surface area contributed by atoms with Crippen LogP contribution in [-0.4, -0.2) is 18.5 Å². The minimum atomic E-state index is -6.63. The Bertz CT molecular complexity index is 1010. The summed E-state index contributed by atoms with van der Waals surface area (Å²) in [6, 6.07) is 10.9. The SMILES string of the molecule is CCc1cc2c(-c3ccc(C(C(F)(F)F)(C(F)(F)F)C(F)(F)F)cc3)cccc2[cH-]1.Cl.Cl.[Zr]. The Labute approximate surface area is 214 Å². The fraction of sp³-hybridized carbons (Fsp3) is 0.286.